The zero-order chi connectivity index (χ0) is 23.8. The summed E-state index contributed by atoms with van der Waals surface area (Å²) in [4.78, 5) is 15.6. The molecular formula is C23H31N3O6S. The van der Waals surface area contributed by atoms with Crippen molar-refractivity contribution in [2.45, 2.75) is 50.5 Å². The number of piperidine rings is 1. The number of hydrogen-bond acceptors (Lipinski definition) is 7. The van der Waals surface area contributed by atoms with E-state index in [4.69, 9.17) is 14.0 Å². The van der Waals surface area contributed by atoms with E-state index < -0.39 is 10.0 Å². The van der Waals surface area contributed by atoms with E-state index in [1.165, 1.54) is 4.31 Å². The highest BCUT2D eigenvalue weighted by Crippen LogP contribution is 2.40. The number of benzene rings is 1. The number of hydrogen-bond donors (Lipinski definition) is 0. The first kappa shape index (κ1) is 23.6. The van der Waals surface area contributed by atoms with Crippen LogP contribution in [0.2, 0.25) is 0 Å². The predicted octanol–water partition coefficient (Wildman–Crippen LogP) is 3.07. The molecule has 0 unspecified atom stereocenters. The Morgan fingerprint density at radius 1 is 1.09 bits per heavy atom. The lowest BCUT2D eigenvalue weighted by atomic mass is 9.95. The Balaban J connectivity index is 1.48. The maximum Gasteiger partial charge on any atom is 0.248 e. The van der Waals surface area contributed by atoms with Gasteiger partial charge in [-0.1, -0.05) is 5.16 Å². The van der Waals surface area contributed by atoms with Gasteiger partial charge in [-0.15, -0.1) is 0 Å². The van der Waals surface area contributed by atoms with Gasteiger partial charge in [0.2, 0.25) is 15.9 Å². The molecule has 2 fully saturated rings. The maximum absolute atomic E-state index is 13.5. The summed E-state index contributed by atoms with van der Waals surface area (Å²) < 4.78 is 43.6. The molecule has 33 heavy (non-hydrogen) atoms. The SMILES string of the molecule is COc1ccc(OC)c([C@H]2CCCN2C(=O)C2CCN(S(=O)(=O)c3c(C)noc3C)CC2)c1. The Hall–Kier alpha value is -2.59. The molecule has 1 aromatic heterocycles. The summed E-state index contributed by atoms with van der Waals surface area (Å²) in [6, 6.07) is 5.58. The quantitative estimate of drug-likeness (QED) is 0.630. The molecule has 180 valence electrons. The van der Waals surface area contributed by atoms with Crippen LogP contribution in [0.3, 0.4) is 0 Å². The monoisotopic (exact) mass is 477 g/mol. The Labute approximate surface area is 194 Å². The van der Waals surface area contributed by atoms with Crippen molar-refractivity contribution < 1.29 is 27.2 Å². The molecular weight excluding hydrogens is 446 g/mol. The second-order valence-electron chi connectivity index (χ2n) is 8.63. The molecule has 0 spiro atoms. The fourth-order valence-corrected chi connectivity index (χ4v) is 6.76. The molecule has 3 heterocycles. The van der Waals surface area contributed by atoms with E-state index in [0.29, 0.717) is 38.2 Å². The number of aryl methyl sites for hydroxylation is 2. The lowest BCUT2D eigenvalue weighted by Gasteiger charge is -2.34. The molecule has 9 nitrogen and oxygen atoms in total. The summed E-state index contributed by atoms with van der Waals surface area (Å²) in [6.07, 6.45) is 2.74. The minimum absolute atomic E-state index is 0.0772. The Morgan fingerprint density at radius 2 is 1.82 bits per heavy atom. The number of ether oxygens (including phenoxy) is 2. The van der Waals surface area contributed by atoms with Crippen LogP contribution < -0.4 is 9.47 Å². The van der Waals surface area contributed by atoms with Crippen molar-refractivity contribution in [3.8, 4) is 11.5 Å². The van der Waals surface area contributed by atoms with Crippen molar-refractivity contribution in [1.29, 1.82) is 0 Å². The molecule has 0 bridgehead atoms. The lowest BCUT2D eigenvalue weighted by molar-refractivity contribution is -0.137. The van der Waals surface area contributed by atoms with E-state index in [-0.39, 0.29) is 28.5 Å². The van der Waals surface area contributed by atoms with Gasteiger partial charge in [-0.25, -0.2) is 8.42 Å². The summed E-state index contributed by atoms with van der Waals surface area (Å²) in [5.74, 6) is 1.62. The van der Waals surface area contributed by atoms with E-state index >= 15 is 0 Å². The molecule has 0 aliphatic carbocycles. The number of methoxy groups -OCH3 is 2. The highest BCUT2D eigenvalue weighted by Gasteiger charge is 2.39. The van der Waals surface area contributed by atoms with Crippen LogP contribution in [0.5, 0.6) is 11.5 Å². The standard InChI is InChI=1S/C23H31N3O6S/c1-15-22(16(2)32-24-15)33(28,29)25-12-9-17(10-13-25)23(27)26-11-5-6-20(26)19-14-18(30-3)7-8-21(19)31-4/h7-8,14,17,20H,5-6,9-13H2,1-4H3/t20-/m1/s1. The van der Waals surface area contributed by atoms with Crippen molar-refractivity contribution in [2.75, 3.05) is 33.9 Å². The summed E-state index contributed by atoms with van der Waals surface area (Å²) in [5, 5.41) is 3.78. The molecule has 2 aliphatic rings. The number of rotatable bonds is 6. The molecule has 4 rings (SSSR count). The van der Waals surface area contributed by atoms with Crippen LogP contribution in [-0.2, 0) is 14.8 Å². The Kier molecular flexibility index (Phi) is 6.67. The molecule has 0 saturated carbocycles. The van der Waals surface area contributed by atoms with Crippen molar-refractivity contribution in [3.05, 3.63) is 35.2 Å². The third-order valence-electron chi connectivity index (χ3n) is 6.70. The van der Waals surface area contributed by atoms with Crippen LogP contribution in [0.1, 0.15) is 48.7 Å². The summed E-state index contributed by atoms with van der Waals surface area (Å²) >= 11 is 0. The van der Waals surface area contributed by atoms with E-state index in [2.05, 4.69) is 5.16 Å². The maximum atomic E-state index is 13.5. The van der Waals surface area contributed by atoms with Crippen LogP contribution in [0.15, 0.2) is 27.6 Å². The molecule has 0 N–H and O–H groups in total. The van der Waals surface area contributed by atoms with Crippen LogP contribution in [0.4, 0.5) is 0 Å². The van der Waals surface area contributed by atoms with Gasteiger partial charge in [-0.2, -0.15) is 4.31 Å². The molecule has 2 saturated heterocycles. The summed E-state index contributed by atoms with van der Waals surface area (Å²) in [6.45, 7) is 4.50. The van der Waals surface area contributed by atoms with Gasteiger partial charge in [0, 0.05) is 31.1 Å². The first-order valence-corrected chi connectivity index (χ1v) is 12.7. The first-order valence-electron chi connectivity index (χ1n) is 11.2. The van der Waals surface area contributed by atoms with Crippen LogP contribution in [0.25, 0.3) is 0 Å². The fourth-order valence-electron chi connectivity index (χ4n) is 5.00. The molecule has 1 amide bonds. The van der Waals surface area contributed by atoms with Gasteiger partial charge in [-0.05, 0) is 57.7 Å². The molecule has 1 aromatic carbocycles. The highest BCUT2D eigenvalue weighted by atomic mass is 32.2. The van der Waals surface area contributed by atoms with E-state index in [1.807, 2.05) is 23.1 Å². The number of likely N-dealkylation sites (tertiary alicyclic amines) is 1. The highest BCUT2D eigenvalue weighted by molar-refractivity contribution is 7.89. The van der Waals surface area contributed by atoms with Crippen molar-refractivity contribution in [2.24, 2.45) is 5.92 Å². The van der Waals surface area contributed by atoms with E-state index in [0.717, 1.165) is 29.9 Å². The molecule has 2 aromatic rings. The number of carbonyl (C=O) groups is 1. The normalized spacial score (nSPS) is 20.2. The first-order chi connectivity index (χ1) is 15.8. The number of carbonyl (C=O) groups excluding carboxylic acids is 1. The molecule has 1 atom stereocenters. The Bertz CT molecular complexity index is 1100. The zero-order valence-electron chi connectivity index (χ0n) is 19.5. The average Bonchev–Trinajstić information content (AvgIpc) is 3.44. The number of amides is 1. The second-order valence-corrected chi connectivity index (χ2v) is 10.5. The smallest absolute Gasteiger partial charge is 0.248 e. The number of sulfonamides is 1. The van der Waals surface area contributed by atoms with Gasteiger partial charge in [0.05, 0.1) is 20.3 Å². The fraction of sp³-hybridized carbons (Fsp3) is 0.565. The van der Waals surface area contributed by atoms with E-state index in [1.54, 1.807) is 28.1 Å². The van der Waals surface area contributed by atoms with Gasteiger partial charge < -0.3 is 18.9 Å². The molecule has 2 aliphatic heterocycles. The van der Waals surface area contributed by atoms with Gasteiger partial charge >= 0.3 is 0 Å². The van der Waals surface area contributed by atoms with Crippen LogP contribution in [-0.4, -0.2) is 62.5 Å². The van der Waals surface area contributed by atoms with Gasteiger partial charge in [0.25, 0.3) is 0 Å². The molecule has 0 radical (unpaired) electrons. The van der Waals surface area contributed by atoms with Gasteiger partial charge in [-0.3, -0.25) is 4.79 Å². The number of nitrogens with zero attached hydrogens (tertiary/aromatic N) is 3. The summed E-state index contributed by atoms with van der Waals surface area (Å²) in [5.41, 5.74) is 1.30. The van der Waals surface area contributed by atoms with Crippen LogP contribution >= 0.6 is 0 Å². The van der Waals surface area contributed by atoms with Crippen molar-refractivity contribution in [1.82, 2.24) is 14.4 Å². The van der Waals surface area contributed by atoms with Gasteiger partial charge in [0.1, 0.15) is 22.1 Å². The number of aromatic nitrogens is 1. The largest absolute Gasteiger partial charge is 0.497 e. The third kappa shape index (κ3) is 4.33. The lowest BCUT2D eigenvalue weighted by Crippen LogP contribution is -2.44. The minimum Gasteiger partial charge on any atom is -0.497 e. The van der Waals surface area contributed by atoms with E-state index in [9.17, 15) is 13.2 Å². The topological polar surface area (TPSA) is 102 Å². The average molecular weight is 478 g/mol. The minimum atomic E-state index is -3.70. The Morgan fingerprint density at radius 3 is 2.42 bits per heavy atom. The second kappa shape index (κ2) is 9.34. The van der Waals surface area contributed by atoms with Crippen LogP contribution in [0, 0.1) is 19.8 Å². The van der Waals surface area contributed by atoms with Crippen molar-refractivity contribution in [3.63, 3.8) is 0 Å². The zero-order valence-corrected chi connectivity index (χ0v) is 20.4. The van der Waals surface area contributed by atoms with Gasteiger partial charge in [0.15, 0.2) is 5.76 Å². The third-order valence-corrected chi connectivity index (χ3v) is 8.84. The molecule has 10 heteroatoms. The predicted molar refractivity (Wildman–Crippen MR) is 121 cm³/mol. The summed E-state index contributed by atoms with van der Waals surface area (Å²) in [7, 11) is -0.452. The van der Waals surface area contributed by atoms with Crippen molar-refractivity contribution >= 4 is 15.9 Å².